The third-order valence-electron chi connectivity index (χ3n) is 3.00. The number of amides is 1. The van der Waals surface area contributed by atoms with E-state index in [-0.39, 0.29) is 17.0 Å². The summed E-state index contributed by atoms with van der Waals surface area (Å²) in [7, 11) is 3.90. The molecule has 2 aromatic heterocycles. The van der Waals surface area contributed by atoms with Crippen molar-refractivity contribution in [1.82, 2.24) is 10.2 Å². The zero-order chi connectivity index (χ0) is 15.4. The van der Waals surface area contributed by atoms with E-state index in [2.05, 4.69) is 5.32 Å². The second-order valence-electron chi connectivity index (χ2n) is 4.64. The van der Waals surface area contributed by atoms with Crippen molar-refractivity contribution in [2.24, 2.45) is 0 Å². The van der Waals surface area contributed by atoms with Crippen LogP contribution in [0, 0.1) is 10.1 Å². The van der Waals surface area contributed by atoms with Crippen LogP contribution in [-0.4, -0.2) is 36.4 Å². The number of likely N-dealkylation sites (N-methyl/N-ethyl adjacent to an activating group) is 1. The van der Waals surface area contributed by atoms with Gasteiger partial charge in [0.15, 0.2) is 0 Å². The molecule has 1 atom stereocenters. The molecule has 0 radical (unpaired) electrons. The van der Waals surface area contributed by atoms with Gasteiger partial charge >= 0.3 is 5.00 Å². The van der Waals surface area contributed by atoms with Gasteiger partial charge in [-0.15, -0.1) is 0 Å². The average molecular weight is 325 g/mol. The van der Waals surface area contributed by atoms with Crippen molar-refractivity contribution in [1.29, 1.82) is 0 Å². The molecule has 112 valence electrons. The topological polar surface area (TPSA) is 75.5 Å². The summed E-state index contributed by atoms with van der Waals surface area (Å²) < 4.78 is 0. The zero-order valence-corrected chi connectivity index (χ0v) is 13.2. The first-order chi connectivity index (χ1) is 9.99. The molecule has 0 saturated carbocycles. The highest BCUT2D eigenvalue weighted by molar-refractivity contribution is 7.17. The van der Waals surface area contributed by atoms with Gasteiger partial charge in [0, 0.05) is 12.6 Å². The Hall–Kier alpha value is -1.77. The molecule has 0 saturated heterocycles. The van der Waals surface area contributed by atoms with Gasteiger partial charge in [0.2, 0.25) is 0 Å². The van der Waals surface area contributed by atoms with Crippen LogP contribution in [0.3, 0.4) is 0 Å². The number of nitrogens with zero attached hydrogens (tertiary/aromatic N) is 2. The molecule has 0 aromatic carbocycles. The lowest BCUT2D eigenvalue weighted by atomic mass is 10.1. The van der Waals surface area contributed by atoms with Crippen molar-refractivity contribution in [2.75, 3.05) is 20.6 Å². The summed E-state index contributed by atoms with van der Waals surface area (Å²) in [4.78, 5) is 24.6. The first kappa shape index (κ1) is 15.6. The van der Waals surface area contributed by atoms with E-state index in [9.17, 15) is 14.9 Å². The van der Waals surface area contributed by atoms with Gasteiger partial charge in [-0.25, -0.2) is 0 Å². The van der Waals surface area contributed by atoms with Gasteiger partial charge < -0.3 is 10.2 Å². The molecule has 2 rings (SSSR count). The van der Waals surface area contributed by atoms with Crippen LogP contribution < -0.4 is 5.32 Å². The standard InChI is InChI=1S/C13H15N3O3S2/c1-15(2)10(9-5-6-20-8-9)7-14-13(17)11-3-4-12(21-11)16(18)19/h3-6,8,10H,7H2,1-2H3,(H,14,17)/t10-/m0/s1. The summed E-state index contributed by atoms with van der Waals surface area (Å²) in [5.74, 6) is -0.282. The van der Waals surface area contributed by atoms with E-state index in [1.165, 1.54) is 12.1 Å². The van der Waals surface area contributed by atoms with Crippen molar-refractivity contribution in [3.8, 4) is 0 Å². The van der Waals surface area contributed by atoms with Crippen LogP contribution in [0.2, 0.25) is 0 Å². The minimum absolute atomic E-state index is 0.0258. The highest BCUT2D eigenvalue weighted by Gasteiger charge is 2.18. The fourth-order valence-corrected chi connectivity index (χ4v) is 3.33. The van der Waals surface area contributed by atoms with Crippen LogP contribution >= 0.6 is 22.7 Å². The van der Waals surface area contributed by atoms with Gasteiger partial charge in [-0.1, -0.05) is 11.3 Å². The van der Waals surface area contributed by atoms with Crippen molar-refractivity contribution < 1.29 is 9.72 Å². The van der Waals surface area contributed by atoms with Crippen molar-refractivity contribution >= 4 is 33.6 Å². The van der Waals surface area contributed by atoms with Gasteiger partial charge in [0.1, 0.15) is 0 Å². The summed E-state index contributed by atoms with van der Waals surface area (Å²) in [5, 5.41) is 17.5. The fraction of sp³-hybridized carbons (Fsp3) is 0.308. The molecule has 2 heterocycles. The monoisotopic (exact) mass is 325 g/mol. The van der Waals surface area contributed by atoms with Crippen LogP contribution in [-0.2, 0) is 0 Å². The number of hydrogen-bond donors (Lipinski definition) is 1. The Bertz CT molecular complexity index is 622. The maximum atomic E-state index is 12.0. The first-order valence-corrected chi connectivity index (χ1v) is 7.96. The number of carbonyl (C=O) groups is 1. The van der Waals surface area contributed by atoms with Crippen molar-refractivity contribution in [3.05, 3.63) is 49.5 Å². The van der Waals surface area contributed by atoms with Gasteiger partial charge in [0.05, 0.1) is 15.8 Å². The summed E-state index contributed by atoms with van der Waals surface area (Å²) in [6.45, 7) is 0.453. The summed E-state index contributed by atoms with van der Waals surface area (Å²) in [5.41, 5.74) is 1.14. The van der Waals surface area contributed by atoms with Crippen molar-refractivity contribution in [2.45, 2.75) is 6.04 Å². The van der Waals surface area contributed by atoms with E-state index < -0.39 is 4.92 Å². The summed E-state index contributed by atoms with van der Waals surface area (Å²) in [6.07, 6.45) is 0. The summed E-state index contributed by atoms with van der Waals surface area (Å²) >= 11 is 2.49. The molecule has 0 bridgehead atoms. The lowest BCUT2D eigenvalue weighted by Crippen LogP contribution is -2.34. The molecule has 0 aliphatic heterocycles. The number of nitrogens with one attached hydrogen (secondary N) is 1. The maximum Gasteiger partial charge on any atom is 0.324 e. The molecule has 0 unspecified atom stereocenters. The molecular formula is C13H15N3O3S2. The van der Waals surface area contributed by atoms with E-state index in [1.807, 2.05) is 35.8 Å². The molecule has 0 spiro atoms. The Balaban J connectivity index is 2.00. The molecule has 0 aliphatic carbocycles. The molecule has 2 aromatic rings. The van der Waals surface area contributed by atoms with Gasteiger partial charge in [-0.3, -0.25) is 14.9 Å². The highest BCUT2D eigenvalue weighted by Crippen LogP contribution is 2.24. The molecular weight excluding hydrogens is 310 g/mol. The van der Waals surface area contributed by atoms with Crippen LogP contribution in [0.1, 0.15) is 21.3 Å². The van der Waals surface area contributed by atoms with E-state index in [0.29, 0.717) is 11.4 Å². The van der Waals surface area contributed by atoms with Crippen LogP contribution in [0.15, 0.2) is 29.0 Å². The molecule has 8 heteroatoms. The van der Waals surface area contributed by atoms with Crippen LogP contribution in [0.25, 0.3) is 0 Å². The maximum absolute atomic E-state index is 12.0. The summed E-state index contributed by atoms with van der Waals surface area (Å²) in [6, 6.07) is 4.93. The smallest absolute Gasteiger partial charge is 0.324 e. The second kappa shape index (κ2) is 6.79. The Morgan fingerprint density at radius 3 is 2.71 bits per heavy atom. The second-order valence-corrected chi connectivity index (χ2v) is 6.48. The van der Waals surface area contributed by atoms with E-state index >= 15 is 0 Å². The molecule has 0 fully saturated rings. The number of carbonyl (C=O) groups excluding carboxylic acids is 1. The number of rotatable bonds is 6. The van der Waals surface area contributed by atoms with E-state index in [0.717, 1.165) is 16.9 Å². The van der Waals surface area contributed by atoms with Crippen molar-refractivity contribution in [3.63, 3.8) is 0 Å². The predicted octanol–water partition coefficient (Wildman–Crippen LogP) is 2.75. The van der Waals surface area contributed by atoms with Gasteiger partial charge in [-0.05, 0) is 42.6 Å². The minimum atomic E-state index is -0.491. The Morgan fingerprint density at radius 2 is 2.19 bits per heavy atom. The Morgan fingerprint density at radius 1 is 1.43 bits per heavy atom. The molecule has 1 amide bonds. The quantitative estimate of drug-likeness (QED) is 0.654. The van der Waals surface area contributed by atoms with E-state index in [4.69, 9.17) is 0 Å². The number of hydrogen-bond acceptors (Lipinski definition) is 6. The van der Waals surface area contributed by atoms with Gasteiger partial charge in [0.25, 0.3) is 5.91 Å². The Labute approximate surface area is 130 Å². The third-order valence-corrected chi connectivity index (χ3v) is 4.74. The molecule has 21 heavy (non-hydrogen) atoms. The fourth-order valence-electron chi connectivity index (χ4n) is 1.89. The van der Waals surface area contributed by atoms with Gasteiger partial charge in [-0.2, -0.15) is 11.3 Å². The van der Waals surface area contributed by atoms with Crippen LogP contribution in [0.5, 0.6) is 0 Å². The Kier molecular flexibility index (Phi) is 5.05. The lowest BCUT2D eigenvalue weighted by molar-refractivity contribution is -0.380. The molecule has 1 N–H and O–H groups in total. The minimum Gasteiger partial charge on any atom is -0.349 e. The SMILES string of the molecule is CN(C)[C@@H](CNC(=O)c1ccc([N+](=O)[O-])s1)c1ccsc1. The predicted molar refractivity (Wildman–Crippen MR) is 84.1 cm³/mol. The van der Waals surface area contributed by atoms with Crippen LogP contribution in [0.4, 0.5) is 5.00 Å². The number of nitro groups is 1. The molecule has 0 aliphatic rings. The lowest BCUT2D eigenvalue weighted by Gasteiger charge is -2.23. The number of thiophene rings is 2. The highest BCUT2D eigenvalue weighted by atomic mass is 32.1. The normalized spacial score (nSPS) is 12.3. The average Bonchev–Trinajstić information content (AvgIpc) is 3.09. The molecule has 6 nitrogen and oxygen atoms in total. The zero-order valence-electron chi connectivity index (χ0n) is 11.6. The van der Waals surface area contributed by atoms with E-state index in [1.54, 1.807) is 11.3 Å². The first-order valence-electron chi connectivity index (χ1n) is 6.20. The third kappa shape index (κ3) is 3.87. The largest absolute Gasteiger partial charge is 0.349 e.